The van der Waals surface area contributed by atoms with Gasteiger partial charge in [0.05, 0.1) is 10.8 Å². The smallest absolute Gasteiger partial charge is 0.188 e. The van der Waals surface area contributed by atoms with Crippen LogP contribution in [0.2, 0.25) is 0 Å². The molecule has 2 atom stereocenters. The van der Waals surface area contributed by atoms with Crippen LogP contribution in [0.1, 0.15) is 25.8 Å². The van der Waals surface area contributed by atoms with Gasteiger partial charge in [-0.1, -0.05) is 49.4 Å². The summed E-state index contributed by atoms with van der Waals surface area (Å²) in [6, 6.07) is 6.90. The molecule has 1 aromatic rings. The van der Waals surface area contributed by atoms with Crippen LogP contribution in [0.5, 0.6) is 0 Å². The maximum Gasteiger partial charge on any atom is 0.188 e. The summed E-state index contributed by atoms with van der Waals surface area (Å²) in [5.41, 5.74) is 0.698. The molecule has 0 saturated heterocycles. The second-order valence-corrected chi connectivity index (χ2v) is 7.82. The fourth-order valence-corrected chi connectivity index (χ4v) is 4.74. The van der Waals surface area contributed by atoms with Gasteiger partial charge in [-0.2, -0.15) is 0 Å². The molecule has 4 heteroatoms. The molecule has 0 saturated carbocycles. The standard InChI is InChI=1S/C17H20O3S/c1-4-15(18)14-10-7-8-12-17(14,3)21(19,20)16-11-6-5-9-13(16)2/h5-12,14H,4H2,1-3H3. The van der Waals surface area contributed by atoms with E-state index >= 15 is 0 Å². The van der Waals surface area contributed by atoms with E-state index in [1.165, 1.54) is 0 Å². The SMILES string of the molecule is CCC(=O)C1C=CC=CC1(C)S(=O)(=O)c1ccccc1C. The van der Waals surface area contributed by atoms with E-state index in [0.717, 1.165) is 0 Å². The summed E-state index contributed by atoms with van der Waals surface area (Å²) >= 11 is 0. The summed E-state index contributed by atoms with van der Waals surface area (Å²) in [6.45, 7) is 5.16. The van der Waals surface area contributed by atoms with Crippen LogP contribution in [0.15, 0.2) is 53.5 Å². The zero-order valence-corrected chi connectivity index (χ0v) is 13.4. The lowest BCUT2D eigenvalue weighted by Crippen LogP contribution is -2.45. The van der Waals surface area contributed by atoms with E-state index in [9.17, 15) is 13.2 Å². The number of rotatable bonds is 4. The van der Waals surface area contributed by atoms with Crippen LogP contribution in [-0.4, -0.2) is 18.9 Å². The van der Waals surface area contributed by atoms with Gasteiger partial charge in [-0.15, -0.1) is 0 Å². The van der Waals surface area contributed by atoms with Crippen molar-refractivity contribution >= 4 is 15.6 Å². The molecule has 0 spiro atoms. The van der Waals surface area contributed by atoms with E-state index in [1.54, 1.807) is 63.3 Å². The van der Waals surface area contributed by atoms with Crippen LogP contribution in [0.4, 0.5) is 0 Å². The quantitative estimate of drug-likeness (QED) is 0.858. The van der Waals surface area contributed by atoms with Crippen LogP contribution in [0, 0.1) is 12.8 Å². The molecule has 1 aromatic carbocycles. The number of Topliss-reactive ketones (excluding diaryl/α,β-unsaturated/α-hetero) is 1. The van der Waals surface area contributed by atoms with Crippen molar-refractivity contribution in [1.29, 1.82) is 0 Å². The van der Waals surface area contributed by atoms with Gasteiger partial charge in [-0.3, -0.25) is 4.79 Å². The highest BCUT2D eigenvalue weighted by Gasteiger charge is 2.47. The van der Waals surface area contributed by atoms with Gasteiger partial charge in [0.1, 0.15) is 10.5 Å². The lowest BCUT2D eigenvalue weighted by molar-refractivity contribution is -0.121. The third kappa shape index (κ3) is 2.48. The second kappa shape index (κ2) is 5.60. The van der Waals surface area contributed by atoms with Crippen molar-refractivity contribution in [3.05, 3.63) is 54.1 Å². The second-order valence-electron chi connectivity index (χ2n) is 5.49. The van der Waals surface area contributed by atoms with Crippen molar-refractivity contribution < 1.29 is 13.2 Å². The van der Waals surface area contributed by atoms with E-state index in [1.807, 2.05) is 6.07 Å². The summed E-state index contributed by atoms with van der Waals surface area (Å²) in [6.07, 6.45) is 7.10. The van der Waals surface area contributed by atoms with Crippen molar-refractivity contribution in [2.45, 2.75) is 36.8 Å². The first kappa shape index (κ1) is 15.7. The van der Waals surface area contributed by atoms with Gasteiger partial charge >= 0.3 is 0 Å². The number of hydrogen-bond donors (Lipinski definition) is 0. The van der Waals surface area contributed by atoms with Gasteiger partial charge in [0.2, 0.25) is 0 Å². The summed E-state index contributed by atoms with van der Waals surface area (Å²) < 4.78 is 25.0. The number of aryl methyl sites for hydroxylation is 1. The molecule has 2 rings (SSSR count). The van der Waals surface area contributed by atoms with E-state index in [4.69, 9.17) is 0 Å². The number of allylic oxidation sites excluding steroid dienone is 3. The van der Waals surface area contributed by atoms with E-state index in [2.05, 4.69) is 0 Å². The Bertz CT molecular complexity index is 713. The van der Waals surface area contributed by atoms with E-state index in [0.29, 0.717) is 16.9 Å². The van der Waals surface area contributed by atoms with Crippen molar-refractivity contribution in [2.24, 2.45) is 5.92 Å². The molecule has 0 amide bonds. The predicted molar refractivity (Wildman–Crippen MR) is 83.8 cm³/mol. The topological polar surface area (TPSA) is 51.2 Å². The van der Waals surface area contributed by atoms with E-state index in [-0.39, 0.29) is 5.78 Å². The zero-order chi connectivity index (χ0) is 15.7. The zero-order valence-electron chi connectivity index (χ0n) is 12.5. The number of ketones is 1. The molecule has 0 heterocycles. The molecule has 1 aliphatic rings. The molecule has 0 bridgehead atoms. The third-order valence-electron chi connectivity index (χ3n) is 4.12. The summed E-state index contributed by atoms with van der Waals surface area (Å²) in [4.78, 5) is 12.5. The first-order valence-electron chi connectivity index (χ1n) is 7.03. The minimum absolute atomic E-state index is 0.0599. The number of sulfone groups is 1. The highest BCUT2D eigenvalue weighted by atomic mass is 32.2. The Morgan fingerprint density at radius 2 is 1.90 bits per heavy atom. The predicted octanol–water partition coefficient (Wildman–Crippen LogP) is 3.25. The molecule has 1 aliphatic carbocycles. The Kier molecular flexibility index (Phi) is 4.19. The lowest BCUT2D eigenvalue weighted by atomic mass is 9.85. The van der Waals surface area contributed by atoms with Gasteiger partial charge in [-0.05, 0) is 25.5 Å². The van der Waals surface area contributed by atoms with Gasteiger partial charge in [0.15, 0.2) is 9.84 Å². The maximum atomic E-state index is 13.1. The minimum Gasteiger partial charge on any atom is -0.299 e. The van der Waals surface area contributed by atoms with Crippen LogP contribution < -0.4 is 0 Å². The molecule has 112 valence electrons. The maximum absolute atomic E-state index is 13.1. The Morgan fingerprint density at radius 3 is 2.52 bits per heavy atom. The number of carbonyl (C=O) groups is 1. The van der Waals surface area contributed by atoms with Crippen molar-refractivity contribution in [1.82, 2.24) is 0 Å². The first-order chi connectivity index (χ1) is 9.84. The number of benzene rings is 1. The largest absolute Gasteiger partial charge is 0.299 e. The summed E-state index contributed by atoms with van der Waals surface area (Å²) in [5, 5.41) is 0. The Labute approximate surface area is 126 Å². The number of carbonyl (C=O) groups excluding carboxylic acids is 1. The molecule has 2 unspecified atom stereocenters. The molecule has 0 radical (unpaired) electrons. The van der Waals surface area contributed by atoms with Crippen LogP contribution in [-0.2, 0) is 14.6 Å². The van der Waals surface area contributed by atoms with Crippen LogP contribution in [0.3, 0.4) is 0 Å². The lowest BCUT2D eigenvalue weighted by Gasteiger charge is -2.34. The van der Waals surface area contributed by atoms with Crippen molar-refractivity contribution in [3.63, 3.8) is 0 Å². The molecule has 0 N–H and O–H groups in total. The minimum atomic E-state index is -3.66. The fourth-order valence-electron chi connectivity index (χ4n) is 2.72. The molecule has 3 nitrogen and oxygen atoms in total. The van der Waals surface area contributed by atoms with Crippen molar-refractivity contribution in [3.8, 4) is 0 Å². The highest BCUT2D eigenvalue weighted by molar-refractivity contribution is 7.93. The Morgan fingerprint density at radius 1 is 1.24 bits per heavy atom. The third-order valence-corrected chi connectivity index (χ3v) is 6.70. The van der Waals surface area contributed by atoms with Crippen LogP contribution >= 0.6 is 0 Å². The Balaban J connectivity index is 2.61. The van der Waals surface area contributed by atoms with Gasteiger partial charge in [-0.25, -0.2) is 8.42 Å². The first-order valence-corrected chi connectivity index (χ1v) is 8.52. The summed E-state index contributed by atoms with van der Waals surface area (Å²) in [7, 11) is -3.66. The fraction of sp³-hybridized carbons (Fsp3) is 0.353. The van der Waals surface area contributed by atoms with Gasteiger partial charge < -0.3 is 0 Å². The molecule has 0 aliphatic heterocycles. The van der Waals surface area contributed by atoms with Gasteiger partial charge in [0.25, 0.3) is 0 Å². The van der Waals surface area contributed by atoms with E-state index < -0.39 is 20.5 Å². The van der Waals surface area contributed by atoms with Crippen LogP contribution in [0.25, 0.3) is 0 Å². The molecule has 0 fully saturated rings. The highest BCUT2D eigenvalue weighted by Crippen LogP contribution is 2.38. The molecular weight excluding hydrogens is 284 g/mol. The Hall–Kier alpha value is -1.68. The van der Waals surface area contributed by atoms with Crippen molar-refractivity contribution in [2.75, 3.05) is 0 Å². The number of hydrogen-bond acceptors (Lipinski definition) is 3. The monoisotopic (exact) mass is 304 g/mol. The average Bonchev–Trinajstić information content (AvgIpc) is 2.47. The summed E-state index contributed by atoms with van der Waals surface area (Å²) in [5.74, 6) is -0.702. The molecule has 21 heavy (non-hydrogen) atoms. The average molecular weight is 304 g/mol. The molecular formula is C17H20O3S. The van der Waals surface area contributed by atoms with Gasteiger partial charge in [0, 0.05) is 6.42 Å². The normalized spacial score (nSPS) is 25.0. The molecule has 0 aromatic heterocycles.